The highest BCUT2D eigenvalue weighted by Gasteiger charge is 2.25. The lowest BCUT2D eigenvalue weighted by molar-refractivity contribution is -0.133. The molecule has 23 heavy (non-hydrogen) atoms. The standard InChI is InChI=1S/C15H24N4O3S/c1-11(20)10-18-4-6-19(7-5-18)14(21)9-12(17-15(16)22)13-3-2-8-23-13/h2-3,8,11-12,20H,4-7,9-10H2,1H3,(H3,16,17,22)/t11-,12+/m0/s1. The van der Waals surface area contributed by atoms with E-state index in [9.17, 15) is 14.7 Å². The van der Waals surface area contributed by atoms with Crippen molar-refractivity contribution in [3.63, 3.8) is 0 Å². The number of aliphatic hydroxyl groups is 1. The minimum Gasteiger partial charge on any atom is -0.392 e. The number of nitrogens with one attached hydrogen (secondary N) is 1. The topological polar surface area (TPSA) is 98.9 Å². The molecule has 4 N–H and O–H groups in total. The van der Waals surface area contributed by atoms with Crippen LogP contribution in [-0.2, 0) is 4.79 Å². The molecule has 2 rings (SSSR count). The number of β-amino-alcohol motifs (C(OH)–C–C–N with tert-alkyl or cyclic N) is 1. The van der Waals surface area contributed by atoms with E-state index in [1.807, 2.05) is 22.4 Å². The van der Waals surface area contributed by atoms with Gasteiger partial charge >= 0.3 is 6.03 Å². The molecular formula is C15H24N4O3S. The highest BCUT2D eigenvalue weighted by atomic mass is 32.1. The highest BCUT2D eigenvalue weighted by Crippen LogP contribution is 2.23. The van der Waals surface area contributed by atoms with Crippen molar-refractivity contribution in [1.82, 2.24) is 15.1 Å². The van der Waals surface area contributed by atoms with Crippen LogP contribution in [0.25, 0.3) is 0 Å². The Balaban J connectivity index is 1.88. The van der Waals surface area contributed by atoms with Crippen molar-refractivity contribution in [1.29, 1.82) is 0 Å². The summed E-state index contributed by atoms with van der Waals surface area (Å²) < 4.78 is 0. The maximum Gasteiger partial charge on any atom is 0.312 e. The third kappa shape index (κ3) is 5.49. The molecule has 2 heterocycles. The number of rotatable bonds is 6. The number of urea groups is 1. The molecular weight excluding hydrogens is 316 g/mol. The van der Waals surface area contributed by atoms with Gasteiger partial charge < -0.3 is 21.1 Å². The summed E-state index contributed by atoms with van der Waals surface area (Å²) >= 11 is 1.49. The first-order valence-electron chi connectivity index (χ1n) is 7.73. The number of carbonyl (C=O) groups is 2. The van der Waals surface area contributed by atoms with E-state index in [1.54, 1.807) is 6.92 Å². The average Bonchev–Trinajstić information content (AvgIpc) is 3.00. The lowest BCUT2D eigenvalue weighted by Crippen LogP contribution is -2.50. The molecule has 1 aromatic rings. The van der Waals surface area contributed by atoms with Gasteiger partial charge in [0.1, 0.15) is 0 Å². The second-order valence-electron chi connectivity index (χ2n) is 5.81. The fourth-order valence-corrected chi connectivity index (χ4v) is 3.52. The second kappa shape index (κ2) is 8.28. The number of hydrogen-bond donors (Lipinski definition) is 3. The van der Waals surface area contributed by atoms with Gasteiger partial charge in [0.15, 0.2) is 0 Å². The third-order valence-corrected chi connectivity index (χ3v) is 4.82. The smallest absolute Gasteiger partial charge is 0.312 e. The molecule has 3 amide bonds. The quantitative estimate of drug-likeness (QED) is 0.697. The SMILES string of the molecule is C[C@H](O)CN1CCN(C(=O)C[C@@H](NC(N)=O)c2cccs2)CC1. The Morgan fingerprint density at radius 3 is 2.61 bits per heavy atom. The van der Waals surface area contributed by atoms with Crippen LogP contribution in [-0.4, -0.2) is 65.7 Å². The molecule has 0 aromatic carbocycles. The Morgan fingerprint density at radius 2 is 2.09 bits per heavy atom. The maximum atomic E-state index is 12.5. The minimum atomic E-state index is -0.627. The average molecular weight is 340 g/mol. The number of hydrogen-bond acceptors (Lipinski definition) is 5. The summed E-state index contributed by atoms with van der Waals surface area (Å²) in [6.07, 6.45) is -0.153. The third-order valence-electron chi connectivity index (χ3n) is 3.83. The number of piperazine rings is 1. The Labute approximate surface area is 140 Å². The highest BCUT2D eigenvalue weighted by molar-refractivity contribution is 7.10. The summed E-state index contributed by atoms with van der Waals surface area (Å²) in [5.41, 5.74) is 5.22. The number of aliphatic hydroxyl groups excluding tert-OH is 1. The van der Waals surface area contributed by atoms with Crippen molar-refractivity contribution in [2.24, 2.45) is 5.73 Å². The van der Waals surface area contributed by atoms with Crippen molar-refractivity contribution >= 4 is 23.3 Å². The predicted molar refractivity (Wildman–Crippen MR) is 89.1 cm³/mol. The molecule has 2 atom stereocenters. The summed E-state index contributed by atoms with van der Waals surface area (Å²) in [5.74, 6) is 0.00819. The van der Waals surface area contributed by atoms with Crippen molar-refractivity contribution < 1.29 is 14.7 Å². The Bertz CT molecular complexity index is 513. The maximum absolute atomic E-state index is 12.5. The molecule has 1 aliphatic heterocycles. The monoisotopic (exact) mass is 340 g/mol. The normalized spacial score (nSPS) is 18.4. The number of nitrogens with two attached hydrogens (primary N) is 1. The van der Waals surface area contributed by atoms with Gasteiger partial charge in [0.25, 0.3) is 0 Å². The van der Waals surface area contributed by atoms with E-state index in [0.717, 1.165) is 18.0 Å². The van der Waals surface area contributed by atoms with Crippen LogP contribution in [0.3, 0.4) is 0 Å². The van der Waals surface area contributed by atoms with Crippen LogP contribution in [0.4, 0.5) is 4.79 Å². The minimum absolute atomic E-state index is 0.00819. The van der Waals surface area contributed by atoms with Crippen LogP contribution < -0.4 is 11.1 Å². The van der Waals surface area contributed by atoms with Gasteiger partial charge in [-0.25, -0.2) is 4.79 Å². The van der Waals surface area contributed by atoms with Gasteiger partial charge in [0.05, 0.1) is 18.6 Å². The molecule has 0 saturated carbocycles. The van der Waals surface area contributed by atoms with Gasteiger partial charge in [0.2, 0.25) is 5.91 Å². The molecule has 0 unspecified atom stereocenters. The van der Waals surface area contributed by atoms with E-state index < -0.39 is 6.03 Å². The molecule has 0 aliphatic carbocycles. The first-order valence-corrected chi connectivity index (χ1v) is 8.61. The molecule has 128 valence electrons. The first-order chi connectivity index (χ1) is 11.0. The van der Waals surface area contributed by atoms with Crippen molar-refractivity contribution in [2.75, 3.05) is 32.7 Å². The zero-order chi connectivity index (χ0) is 16.8. The Morgan fingerprint density at radius 1 is 1.39 bits per heavy atom. The molecule has 1 aliphatic rings. The van der Waals surface area contributed by atoms with E-state index in [2.05, 4.69) is 10.2 Å². The van der Waals surface area contributed by atoms with Crippen molar-refractivity contribution in [3.05, 3.63) is 22.4 Å². The zero-order valence-electron chi connectivity index (χ0n) is 13.3. The van der Waals surface area contributed by atoms with Crippen LogP contribution >= 0.6 is 11.3 Å². The summed E-state index contributed by atoms with van der Waals surface area (Å²) in [7, 11) is 0. The van der Waals surface area contributed by atoms with Crippen LogP contribution in [0.2, 0.25) is 0 Å². The number of amides is 3. The van der Waals surface area contributed by atoms with Crippen LogP contribution in [0.1, 0.15) is 24.3 Å². The number of carbonyl (C=O) groups excluding carboxylic acids is 2. The number of thiophene rings is 1. The van der Waals surface area contributed by atoms with E-state index in [4.69, 9.17) is 5.73 Å². The molecule has 0 spiro atoms. The van der Waals surface area contributed by atoms with Gasteiger partial charge in [-0.2, -0.15) is 0 Å². The van der Waals surface area contributed by atoms with Crippen LogP contribution in [0.15, 0.2) is 17.5 Å². The van der Waals surface area contributed by atoms with Gasteiger partial charge in [-0.3, -0.25) is 9.69 Å². The molecule has 1 aromatic heterocycles. The van der Waals surface area contributed by atoms with E-state index in [1.165, 1.54) is 11.3 Å². The number of nitrogens with zero attached hydrogens (tertiary/aromatic N) is 2. The van der Waals surface area contributed by atoms with E-state index in [0.29, 0.717) is 19.6 Å². The van der Waals surface area contributed by atoms with Crippen molar-refractivity contribution in [2.45, 2.75) is 25.5 Å². The fraction of sp³-hybridized carbons (Fsp3) is 0.600. The predicted octanol–water partition coefficient (Wildman–Crippen LogP) is 0.373. The van der Waals surface area contributed by atoms with Crippen molar-refractivity contribution in [3.8, 4) is 0 Å². The summed E-state index contributed by atoms with van der Waals surface area (Å²) in [6.45, 7) is 5.17. The Hall–Kier alpha value is -1.64. The molecule has 8 heteroatoms. The van der Waals surface area contributed by atoms with Gasteiger partial charge in [-0.15, -0.1) is 11.3 Å². The second-order valence-corrected chi connectivity index (χ2v) is 6.79. The molecule has 1 saturated heterocycles. The molecule has 0 bridgehead atoms. The number of primary amides is 1. The molecule has 1 fully saturated rings. The van der Waals surface area contributed by atoms with E-state index >= 15 is 0 Å². The zero-order valence-corrected chi connectivity index (χ0v) is 14.1. The van der Waals surface area contributed by atoms with E-state index in [-0.39, 0.29) is 24.5 Å². The molecule has 7 nitrogen and oxygen atoms in total. The Kier molecular flexibility index (Phi) is 6.37. The summed E-state index contributed by atoms with van der Waals surface area (Å²) in [5, 5.41) is 14.0. The molecule has 0 radical (unpaired) electrons. The lowest BCUT2D eigenvalue weighted by Gasteiger charge is -2.35. The van der Waals surface area contributed by atoms with Gasteiger partial charge in [0, 0.05) is 37.6 Å². The summed E-state index contributed by atoms with van der Waals surface area (Å²) in [6, 6.07) is 2.77. The van der Waals surface area contributed by atoms with Gasteiger partial charge in [-0.1, -0.05) is 6.07 Å². The van der Waals surface area contributed by atoms with Crippen LogP contribution in [0.5, 0.6) is 0 Å². The summed E-state index contributed by atoms with van der Waals surface area (Å²) in [4.78, 5) is 28.5. The van der Waals surface area contributed by atoms with Crippen LogP contribution in [0, 0.1) is 0 Å². The van der Waals surface area contributed by atoms with Gasteiger partial charge in [-0.05, 0) is 18.4 Å². The largest absolute Gasteiger partial charge is 0.392 e. The fourth-order valence-electron chi connectivity index (χ4n) is 2.74. The lowest BCUT2D eigenvalue weighted by atomic mass is 10.1. The first kappa shape index (κ1) is 17.7.